The van der Waals surface area contributed by atoms with E-state index in [2.05, 4.69) is 27.8 Å². The Balaban J connectivity index is 1.59. The van der Waals surface area contributed by atoms with Crippen molar-refractivity contribution in [1.29, 1.82) is 0 Å². The van der Waals surface area contributed by atoms with Gasteiger partial charge in [0, 0.05) is 60.2 Å². The summed E-state index contributed by atoms with van der Waals surface area (Å²) in [7, 11) is 0. The number of aliphatic hydroxyl groups excluding tert-OH is 2. The fourth-order valence-corrected chi connectivity index (χ4v) is 8.52. The number of phenols is 2. The van der Waals surface area contributed by atoms with E-state index in [0.717, 1.165) is 18.2 Å². The van der Waals surface area contributed by atoms with Gasteiger partial charge in [0.15, 0.2) is 5.43 Å². The number of allylic oxidation sites excluding steroid dienone is 5. The van der Waals surface area contributed by atoms with Crippen molar-refractivity contribution in [3.8, 4) is 29.1 Å². The number of nitrogens with two attached hydrogens (primary N) is 1. The Morgan fingerprint density at radius 3 is 2.71 bits per heavy atom. The fraction of sp³-hybridized carbons (Fsp3) is 0.378. The normalized spacial score (nSPS) is 26.4. The molecule has 5 heterocycles. The van der Waals surface area contributed by atoms with Gasteiger partial charge in [-0.25, -0.2) is 4.79 Å². The number of carbonyl (C=O) groups excluding carboxylic acids is 1. The lowest BCUT2D eigenvalue weighted by Crippen LogP contribution is -2.57. The van der Waals surface area contributed by atoms with Gasteiger partial charge in [-0.15, -0.1) is 5.92 Å². The third kappa shape index (κ3) is 7.12. The van der Waals surface area contributed by atoms with Crippen LogP contribution in [0, 0.1) is 17.8 Å². The highest BCUT2D eigenvalue weighted by Crippen LogP contribution is 2.57. The molecule has 0 radical (unpaired) electrons. The first-order valence-electron chi connectivity index (χ1n) is 19.5. The van der Waals surface area contributed by atoms with Gasteiger partial charge in [-0.1, -0.05) is 43.2 Å². The summed E-state index contributed by atoms with van der Waals surface area (Å²) in [4.78, 5) is 27.7. The molecule has 3 aromatic rings. The third-order valence-electron chi connectivity index (χ3n) is 11.8. The summed E-state index contributed by atoms with van der Waals surface area (Å²) in [5.74, 6) is 4.75. The summed E-state index contributed by atoms with van der Waals surface area (Å²) in [5, 5.41) is 54.9. The zero-order valence-corrected chi connectivity index (χ0v) is 33.0. The summed E-state index contributed by atoms with van der Waals surface area (Å²) in [6.07, 6.45) is 10.7. The minimum Gasteiger partial charge on any atom is -0.508 e. The number of esters is 1. The second-order valence-corrected chi connectivity index (χ2v) is 15.3. The van der Waals surface area contributed by atoms with Crippen LogP contribution in [0.2, 0.25) is 0 Å². The van der Waals surface area contributed by atoms with Crippen molar-refractivity contribution >= 4 is 16.9 Å². The van der Waals surface area contributed by atoms with Gasteiger partial charge in [-0.05, 0) is 74.7 Å². The smallest absolute Gasteiger partial charge is 0.333 e. The fourth-order valence-electron chi connectivity index (χ4n) is 8.52. The van der Waals surface area contributed by atoms with Crippen molar-refractivity contribution in [3.05, 3.63) is 122 Å². The molecule has 0 spiro atoms. The lowest BCUT2D eigenvalue weighted by molar-refractivity contribution is -0.164. The first-order chi connectivity index (χ1) is 27.9. The number of aromatic hydroxyl groups is 2. The number of hydrogen-bond donors (Lipinski definition) is 8. The first-order valence-corrected chi connectivity index (χ1v) is 19.5. The van der Waals surface area contributed by atoms with Crippen LogP contribution in [0.25, 0.3) is 11.0 Å². The van der Waals surface area contributed by atoms with Crippen LogP contribution in [-0.2, 0) is 28.0 Å². The molecule has 7 rings (SSSR count). The van der Waals surface area contributed by atoms with Crippen LogP contribution in [0.5, 0.6) is 17.2 Å². The number of phenolic OH excluding ortho intramolecular Hbond substituents is 2. The number of dihydropyridines is 2. The first kappa shape index (κ1) is 40.3. The summed E-state index contributed by atoms with van der Waals surface area (Å²) < 4.78 is 20.0. The molecule has 6 atom stereocenters. The molecule has 0 aliphatic carbocycles. The van der Waals surface area contributed by atoms with Crippen molar-refractivity contribution in [1.82, 2.24) is 16.0 Å². The van der Waals surface area contributed by atoms with E-state index in [1.807, 2.05) is 38.3 Å². The second kappa shape index (κ2) is 16.1. The van der Waals surface area contributed by atoms with E-state index < -0.39 is 59.3 Å². The largest absolute Gasteiger partial charge is 0.508 e. The monoisotopic (exact) mass is 790 g/mol. The Morgan fingerprint density at radius 1 is 1.22 bits per heavy atom. The second-order valence-electron chi connectivity index (χ2n) is 15.3. The molecule has 4 aliphatic heterocycles. The number of nitrogens with one attached hydrogen (secondary N) is 3. The van der Waals surface area contributed by atoms with Gasteiger partial charge in [-0.3, -0.25) is 10.1 Å². The van der Waals surface area contributed by atoms with Crippen molar-refractivity contribution < 1.29 is 39.1 Å². The van der Waals surface area contributed by atoms with Crippen LogP contribution < -0.4 is 31.8 Å². The summed E-state index contributed by atoms with van der Waals surface area (Å²) in [6.45, 7) is 7.15. The molecule has 2 bridgehead atoms. The molecule has 1 unspecified atom stereocenters. The van der Waals surface area contributed by atoms with Crippen molar-refractivity contribution in [2.45, 2.75) is 82.8 Å². The van der Waals surface area contributed by atoms with E-state index in [1.165, 1.54) is 12.1 Å². The number of aliphatic hydroxyl groups is 2. The predicted molar refractivity (Wildman–Crippen MR) is 218 cm³/mol. The maximum atomic E-state index is 14.0. The molecule has 4 aliphatic rings. The Morgan fingerprint density at radius 2 is 2.03 bits per heavy atom. The van der Waals surface area contributed by atoms with Gasteiger partial charge in [0.1, 0.15) is 52.3 Å². The summed E-state index contributed by atoms with van der Waals surface area (Å²) in [5.41, 5.74) is 5.63. The molecular weight excluding hydrogens is 741 g/mol. The Hall–Kier alpha value is -5.94. The van der Waals surface area contributed by atoms with E-state index >= 15 is 0 Å². The standard InChI is InChI=1S/C45H50N4O9/c1-5-25(3)43(55)57-34-21-32-40(54)37-33(53)20-31(23-50)56-42(37)38-39(27-14-16-48-35(46)18-27)45(24-51,29-9-7-11-30(52)19-29)15-8-10-28(44(34,4)58-41(32)38)17-26-12-13-36(47-6-2)49-22-26/h5,7,9,11-14,18-20,22,28,34,36,39,47-52,54H,6,10,16-17,21,23-24,46H2,1-4H3/b25-5-/t28-,34+,36?,39+,44-,45+/m0/s1. The molecule has 1 aromatic heterocycles. The predicted octanol–water partition coefficient (Wildman–Crippen LogP) is 4.00. The molecule has 58 heavy (non-hydrogen) atoms. The maximum Gasteiger partial charge on any atom is 0.333 e. The Bertz CT molecular complexity index is 2420. The van der Waals surface area contributed by atoms with Crippen molar-refractivity contribution in [2.24, 2.45) is 11.7 Å². The van der Waals surface area contributed by atoms with Crippen LogP contribution in [0.4, 0.5) is 0 Å². The molecule has 13 nitrogen and oxygen atoms in total. The molecule has 0 fully saturated rings. The number of hydrogen-bond acceptors (Lipinski definition) is 13. The zero-order valence-electron chi connectivity index (χ0n) is 33.0. The number of fused-ring (bicyclic) bond motifs is 3. The molecule has 0 saturated heterocycles. The van der Waals surface area contributed by atoms with E-state index in [4.69, 9.17) is 19.6 Å². The van der Waals surface area contributed by atoms with Crippen LogP contribution in [0.15, 0.2) is 98.7 Å². The van der Waals surface area contributed by atoms with E-state index in [9.17, 15) is 30.0 Å². The Kier molecular flexibility index (Phi) is 11.2. The van der Waals surface area contributed by atoms with Gasteiger partial charge in [0.25, 0.3) is 0 Å². The highest BCUT2D eigenvalue weighted by molar-refractivity contribution is 5.92. The molecule has 0 amide bonds. The van der Waals surface area contributed by atoms with Gasteiger partial charge in [-0.2, -0.15) is 0 Å². The lowest BCUT2D eigenvalue weighted by atomic mass is 9.63. The minimum absolute atomic E-state index is 0.0578. The third-order valence-corrected chi connectivity index (χ3v) is 11.8. The minimum atomic E-state index is -1.55. The van der Waals surface area contributed by atoms with Crippen molar-refractivity contribution in [3.63, 3.8) is 0 Å². The molecule has 0 saturated carbocycles. The number of ether oxygens (including phenoxy) is 2. The molecule has 9 N–H and O–H groups in total. The van der Waals surface area contributed by atoms with Crippen LogP contribution >= 0.6 is 0 Å². The van der Waals surface area contributed by atoms with Gasteiger partial charge in [0.05, 0.1) is 24.0 Å². The van der Waals surface area contributed by atoms with Gasteiger partial charge in [0.2, 0.25) is 0 Å². The highest BCUT2D eigenvalue weighted by atomic mass is 16.6. The van der Waals surface area contributed by atoms with Crippen LogP contribution in [0.3, 0.4) is 0 Å². The number of benzene rings is 2. The number of carbonyl (C=O) groups is 1. The maximum absolute atomic E-state index is 14.0. The topological polar surface area (TPSA) is 209 Å². The van der Waals surface area contributed by atoms with Crippen molar-refractivity contribution in [2.75, 3.05) is 19.7 Å². The van der Waals surface area contributed by atoms with Crippen LogP contribution in [-0.4, -0.2) is 64.0 Å². The number of likely N-dealkylation sites (N-methyl/N-ethyl adjacent to an activating group) is 1. The number of rotatable bonds is 10. The average molecular weight is 791 g/mol. The SMILES string of the molecule is C/C=C(/C)C(=O)O[C@@H]1Cc2c3c(c4oc(CO)cc(=O)c4c2O)[C@@H](C2=CCNC(N)=C2)[C@](CO)(c2cccc(O)c2)C#CC[C@@H](CC2=CNC(NCC)C=C2)[C@]1(C)O3. The van der Waals surface area contributed by atoms with Crippen LogP contribution in [0.1, 0.15) is 68.9 Å². The van der Waals surface area contributed by atoms with E-state index in [-0.39, 0.29) is 58.4 Å². The summed E-state index contributed by atoms with van der Waals surface area (Å²) >= 11 is 0. The molecule has 13 heteroatoms. The Labute approximate surface area is 336 Å². The average Bonchev–Trinajstić information content (AvgIpc) is 3.21. The zero-order chi connectivity index (χ0) is 41.4. The lowest BCUT2D eigenvalue weighted by Gasteiger charge is -2.48. The summed E-state index contributed by atoms with van der Waals surface area (Å²) in [6, 6.07) is 7.59. The van der Waals surface area contributed by atoms with E-state index in [0.29, 0.717) is 35.5 Å². The van der Waals surface area contributed by atoms with Gasteiger partial charge < -0.3 is 50.7 Å². The van der Waals surface area contributed by atoms with Gasteiger partial charge >= 0.3 is 5.97 Å². The molecule has 2 aromatic carbocycles. The molecule has 304 valence electrons. The molecular formula is C45H50N4O9. The van der Waals surface area contributed by atoms with E-state index in [1.54, 1.807) is 38.1 Å². The highest BCUT2D eigenvalue weighted by Gasteiger charge is 2.54. The quantitative estimate of drug-likeness (QED) is 0.0831.